The van der Waals surface area contributed by atoms with E-state index in [1.807, 2.05) is 0 Å². The highest BCUT2D eigenvalue weighted by Gasteiger charge is 2.25. The predicted molar refractivity (Wildman–Crippen MR) is 82.0 cm³/mol. The average Bonchev–Trinajstić information content (AvgIpc) is 3.11. The Morgan fingerprint density at radius 3 is 2.80 bits per heavy atom. The summed E-state index contributed by atoms with van der Waals surface area (Å²) < 4.78 is 22.7. The topological polar surface area (TPSA) is 101 Å². The van der Waals surface area contributed by atoms with E-state index in [9.17, 15) is 13.2 Å². The van der Waals surface area contributed by atoms with Gasteiger partial charge in [0.1, 0.15) is 4.88 Å². The molecule has 1 aliphatic rings. The van der Waals surface area contributed by atoms with Crippen molar-refractivity contribution in [1.82, 2.24) is 5.32 Å². The average molecular weight is 317 g/mol. The Balaban J connectivity index is 1.91. The van der Waals surface area contributed by atoms with Crippen LogP contribution in [0.5, 0.6) is 0 Å². The Morgan fingerprint density at radius 2 is 2.20 bits per heavy atom. The number of carbonyl (C=O) groups is 1. The van der Waals surface area contributed by atoms with Crippen LogP contribution in [0.15, 0.2) is 6.07 Å². The number of thiophene rings is 1. The lowest BCUT2D eigenvalue weighted by molar-refractivity contribution is 0.0956. The van der Waals surface area contributed by atoms with Gasteiger partial charge in [-0.2, -0.15) is 0 Å². The lowest BCUT2D eigenvalue weighted by Crippen LogP contribution is -2.25. The first kappa shape index (κ1) is 15.1. The standard InChI is InChI=1S/C12H19N3O3S2/c1-2-20(17,18)6-5-14-10-7-9(13)11(19-10)12(16)15-8-3-4-8/h7-8,14H,2-6,13H2,1H3,(H,15,16). The summed E-state index contributed by atoms with van der Waals surface area (Å²) in [4.78, 5) is 12.4. The van der Waals surface area contributed by atoms with E-state index in [1.54, 1.807) is 13.0 Å². The lowest BCUT2D eigenvalue weighted by atomic mass is 10.3. The first-order chi connectivity index (χ1) is 9.41. The fourth-order valence-electron chi connectivity index (χ4n) is 1.62. The van der Waals surface area contributed by atoms with Gasteiger partial charge in [-0.15, -0.1) is 11.3 Å². The minimum Gasteiger partial charge on any atom is -0.397 e. The van der Waals surface area contributed by atoms with Crippen molar-refractivity contribution in [3.63, 3.8) is 0 Å². The lowest BCUT2D eigenvalue weighted by Gasteiger charge is -2.03. The first-order valence-electron chi connectivity index (χ1n) is 6.55. The molecule has 4 N–H and O–H groups in total. The van der Waals surface area contributed by atoms with Crippen molar-refractivity contribution < 1.29 is 13.2 Å². The summed E-state index contributed by atoms with van der Waals surface area (Å²) in [5, 5.41) is 6.60. The van der Waals surface area contributed by atoms with Gasteiger partial charge in [0.05, 0.1) is 16.4 Å². The summed E-state index contributed by atoms with van der Waals surface area (Å²) in [6.07, 6.45) is 2.05. The number of rotatable bonds is 7. The zero-order chi connectivity index (χ0) is 14.8. The van der Waals surface area contributed by atoms with E-state index in [1.165, 1.54) is 11.3 Å². The minimum atomic E-state index is -2.99. The van der Waals surface area contributed by atoms with Crippen LogP contribution in [-0.4, -0.2) is 38.4 Å². The Labute approximate surface area is 122 Å². The SMILES string of the molecule is CCS(=O)(=O)CCNc1cc(N)c(C(=O)NC2CC2)s1. The maximum absolute atomic E-state index is 11.9. The highest BCUT2D eigenvalue weighted by atomic mass is 32.2. The maximum Gasteiger partial charge on any atom is 0.263 e. The van der Waals surface area contributed by atoms with E-state index in [0.717, 1.165) is 17.8 Å². The van der Waals surface area contributed by atoms with Crippen LogP contribution in [0.25, 0.3) is 0 Å². The van der Waals surface area contributed by atoms with Crippen LogP contribution in [0.2, 0.25) is 0 Å². The van der Waals surface area contributed by atoms with Crippen LogP contribution in [0.1, 0.15) is 29.4 Å². The van der Waals surface area contributed by atoms with E-state index in [-0.39, 0.29) is 23.5 Å². The van der Waals surface area contributed by atoms with Crippen molar-refractivity contribution in [2.45, 2.75) is 25.8 Å². The van der Waals surface area contributed by atoms with Gasteiger partial charge in [0.2, 0.25) is 0 Å². The van der Waals surface area contributed by atoms with Crippen LogP contribution in [-0.2, 0) is 9.84 Å². The monoisotopic (exact) mass is 317 g/mol. The van der Waals surface area contributed by atoms with E-state index in [4.69, 9.17) is 5.73 Å². The Kier molecular flexibility index (Phi) is 4.54. The van der Waals surface area contributed by atoms with Crippen molar-refractivity contribution in [3.8, 4) is 0 Å². The molecule has 2 rings (SSSR count). The molecule has 1 amide bonds. The molecule has 0 unspecified atom stereocenters. The molecule has 0 atom stereocenters. The molecule has 0 aliphatic heterocycles. The van der Waals surface area contributed by atoms with Crippen molar-refractivity contribution in [3.05, 3.63) is 10.9 Å². The normalized spacial score (nSPS) is 15.1. The summed E-state index contributed by atoms with van der Waals surface area (Å²) in [5.74, 6) is 0.0607. The molecule has 0 radical (unpaired) electrons. The van der Waals surface area contributed by atoms with Gasteiger partial charge < -0.3 is 16.4 Å². The predicted octanol–water partition coefficient (Wildman–Crippen LogP) is 1.07. The number of hydrogen-bond acceptors (Lipinski definition) is 6. The minimum absolute atomic E-state index is 0.0743. The van der Waals surface area contributed by atoms with E-state index in [2.05, 4.69) is 10.6 Å². The summed E-state index contributed by atoms with van der Waals surface area (Å²) >= 11 is 1.25. The van der Waals surface area contributed by atoms with Crippen molar-refractivity contribution >= 4 is 37.8 Å². The van der Waals surface area contributed by atoms with Crippen molar-refractivity contribution in [1.29, 1.82) is 0 Å². The summed E-state index contributed by atoms with van der Waals surface area (Å²) in [6.45, 7) is 1.94. The van der Waals surface area contributed by atoms with Crippen LogP contribution in [0, 0.1) is 0 Å². The number of carbonyl (C=O) groups excluding carboxylic acids is 1. The van der Waals surface area contributed by atoms with Gasteiger partial charge in [-0.25, -0.2) is 8.42 Å². The van der Waals surface area contributed by atoms with Gasteiger partial charge in [-0.05, 0) is 18.9 Å². The van der Waals surface area contributed by atoms with E-state index in [0.29, 0.717) is 17.1 Å². The fraction of sp³-hybridized carbons (Fsp3) is 0.583. The van der Waals surface area contributed by atoms with Gasteiger partial charge in [-0.1, -0.05) is 6.92 Å². The van der Waals surface area contributed by atoms with E-state index < -0.39 is 9.84 Å². The second-order valence-corrected chi connectivity index (χ2v) is 8.33. The molecule has 0 aromatic carbocycles. The van der Waals surface area contributed by atoms with Gasteiger partial charge >= 0.3 is 0 Å². The zero-order valence-electron chi connectivity index (χ0n) is 11.3. The quantitative estimate of drug-likeness (QED) is 0.698. The molecule has 8 heteroatoms. The first-order valence-corrected chi connectivity index (χ1v) is 9.19. The molecule has 1 saturated carbocycles. The van der Waals surface area contributed by atoms with Gasteiger partial charge in [0.15, 0.2) is 9.84 Å². The Morgan fingerprint density at radius 1 is 1.50 bits per heavy atom. The molecule has 0 spiro atoms. The summed E-state index contributed by atoms with van der Waals surface area (Å²) in [7, 11) is -2.99. The third-order valence-electron chi connectivity index (χ3n) is 3.03. The molecule has 20 heavy (non-hydrogen) atoms. The largest absolute Gasteiger partial charge is 0.397 e. The molecule has 1 aromatic heterocycles. The molecule has 1 aromatic rings. The number of nitrogens with two attached hydrogens (primary N) is 1. The number of amides is 1. The number of nitrogens with one attached hydrogen (secondary N) is 2. The fourth-order valence-corrected chi connectivity index (χ4v) is 3.23. The molecule has 0 saturated heterocycles. The third-order valence-corrected chi connectivity index (χ3v) is 5.84. The molecule has 1 aliphatic carbocycles. The molecular weight excluding hydrogens is 298 g/mol. The van der Waals surface area contributed by atoms with Crippen LogP contribution in [0.4, 0.5) is 10.7 Å². The maximum atomic E-state index is 11.9. The zero-order valence-corrected chi connectivity index (χ0v) is 12.9. The highest BCUT2D eigenvalue weighted by molar-refractivity contribution is 7.91. The van der Waals surface area contributed by atoms with Gasteiger partial charge in [0.25, 0.3) is 5.91 Å². The van der Waals surface area contributed by atoms with Crippen molar-refractivity contribution in [2.24, 2.45) is 0 Å². The molecule has 112 valence electrons. The smallest absolute Gasteiger partial charge is 0.263 e. The Hall–Kier alpha value is -1.28. The number of hydrogen-bond donors (Lipinski definition) is 3. The number of sulfone groups is 1. The van der Waals surface area contributed by atoms with Crippen LogP contribution in [0.3, 0.4) is 0 Å². The molecule has 1 heterocycles. The van der Waals surface area contributed by atoms with Crippen LogP contribution >= 0.6 is 11.3 Å². The Bertz CT molecular complexity index is 591. The third kappa shape index (κ3) is 4.11. The summed E-state index contributed by atoms with van der Waals surface area (Å²) in [5.41, 5.74) is 6.24. The highest BCUT2D eigenvalue weighted by Crippen LogP contribution is 2.30. The molecular formula is C12H19N3O3S2. The second-order valence-electron chi connectivity index (χ2n) is 4.81. The van der Waals surface area contributed by atoms with E-state index >= 15 is 0 Å². The molecule has 1 fully saturated rings. The van der Waals surface area contributed by atoms with Crippen LogP contribution < -0.4 is 16.4 Å². The van der Waals surface area contributed by atoms with Crippen molar-refractivity contribution in [2.75, 3.05) is 29.1 Å². The van der Waals surface area contributed by atoms with Gasteiger partial charge in [-0.3, -0.25) is 4.79 Å². The molecule has 6 nitrogen and oxygen atoms in total. The number of nitrogen functional groups attached to an aromatic ring is 1. The molecule has 0 bridgehead atoms. The van der Waals surface area contributed by atoms with Gasteiger partial charge in [0, 0.05) is 18.3 Å². The number of anilines is 2. The second kappa shape index (κ2) is 6.01. The summed E-state index contributed by atoms with van der Waals surface area (Å²) in [6, 6.07) is 1.96.